The molecular weight excluding hydrogens is 360 g/mol. The van der Waals surface area contributed by atoms with Crippen LogP contribution in [-0.4, -0.2) is 37.9 Å². The van der Waals surface area contributed by atoms with Gasteiger partial charge in [0.25, 0.3) is 0 Å². The maximum atomic E-state index is 12.7. The lowest BCUT2D eigenvalue weighted by Crippen LogP contribution is -2.08. The standard InChI is InChI=1S/C20H18N4O2S/c1-4-26-20(25)18-17(15-8-6-5-7-9-15)16(10-14(11-21)12-22)27-19(18)23-13-24(2)3/h5-10,13H,4H2,1-3H3/b23-13-. The van der Waals surface area contributed by atoms with Crippen LogP contribution < -0.4 is 0 Å². The number of nitriles is 2. The van der Waals surface area contributed by atoms with Gasteiger partial charge in [-0.3, -0.25) is 0 Å². The average Bonchev–Trinajstić information content (AvgIpc) is 3.03. The number of aliphatic imine (C=N–C) groups is 1. The van der Waals surface area contributed by atoms with Gasteiger partial charge in [-0.1, -0.05) is 30.3 Å². The minimum atomic E-state index is -0.492. The summed E-state index contributed by atoms with van der Waals surface area (Å²) < 4.78 is 5.24. The van der Waals surface area contributed by atoms with Gasteiger partial charge in [-0.05, 0) is 18.6 Å². The topological polar surface area (TPSA) is 89.5 Å². The SMILES string of the molecule is CCOC(=O)c1c(/N=C\N(C)C)sc(C=C(C#N)C#N)c1-c1ccccc1. The molecule has 7 heteroatoms. The first-order valence-electron chi connectivity index (χ1n) is 8.13. The fraction of sp³-hybridized carbons (Fsp3) is 0.200. The molecule has 2 aromatic rings. The third-order valence-corrected chi connectivity index (χ3v) is 4.43. The molecule has 27 heavy (non-hydrogen) atoms. The van der Waals surface area contributed by atoms with Gasteiger partial charge in [0.05, 0.1) is 12.9 Å². The first-order chi connectivity index (χ1) is 13.0. The lowest BCUT2D eigenvalue weighted by molar-refractivity contribution is 0.0529. The number of nitrogens with zero attached hydrogens (tertiary/aromatic N) is 4. The Morgan fingerprint density at radius 2 is 1.93 bits per heavy atom. The minimum absolute atomic E-state index is 0.0491. The van der Waals surface area contributed by atoms with E-state index in [1.165, 1.54) is 17.4 Å². The minimum Gasteiger partial charge on any atom is -0.462 e. The predicted molar refractivity (Wildman–Crippen MR) is 107 cm³/mol. The van der Waals surface area contributed by atoms with E-state index in [2.05, 4.69) is 4.99 Å². The molecule has 2 rings (SSSR count). The van der Waals surface area contributed by atoms with Crippen LogP contribution in [0.25, 0.3) is 17.2 Å². The van der Waals surface area contributed by atoms with E-state index in [9.17, 15) is 4.79 Å². The van der Waals surface area contributed by atoms with Gasteiger partial charge < -0.3 is 9.64 Å². The van der Waals surface area contributed by atoms with Crippen LogP contribution in [0, 0.1) is 22.7 Å². The predicted octanol–water partition coefficient (Wildman–Crippen LogP) is 4.24. The smallest absolute Gasteiger partial charge is 0.341 e. The van der Waals surface area contributed by atoms with Crippen LogP contribution >= 0.6 is 11.3 Å². The second kappa shape index (κ2) is 9.33. The molecule has 1 aromatic carbocycles. The van der Waals surface area contributed by atoms with E-state index in [1.54, 1.807) is 18.2 Å². The molecule has 0 bridgehead atoms. The highest BCUT2D eigenvalue weighted by Crippen LogP contribution is 2.43. The van der Waals surface area contributed by atoms with Gasteiger partial charge in [-0.15, -0.1) is 11.3 Å². The molecule has 0 aliphatic rings. The summed E-state index contributed by atoms with van der Waals surface area (Å²) in [5.74, 6) is -0.492. The van der Waals surface area contributed by atoms with Crippen molar-refractivity contribution in [3.63, 3.8) is 0 Å². The van der Waals surface area contributed by atoms with E-state index in [1.807, 2.05) is 56.6 Å². The molecule has 0 saturated carbocycles. The third kappa shape index (κ3) is 4.81. The number of rotatable bonds is 6. The van der Waals surface area contributed by atoms with Crippen LogP contribution in [0.15, 0.2) is 40.9 Å². The first kappa shape index (κ1) is 19.9. The number of benzene rings is 1. The Morgan fingerprint density at radius 3 is 2.48 bits per heavy atom. The van der Waals surface area contributed by atoms with Crippen LogP contribution in [0.2, 0.25) is 0 Å². The van der Waals surface area contributed by atoms with Crippen molar-refractivity contribution >= 4 is 34.7 Å². The summed E-state index contributed by atoms with van der Waals surface area (Å²) >= 11 is 1.23. The molecule has 0 aliphatic carbocycles. The molecule has 0 N–H and O–H groups in total. The van der Waals surface area contributed by atoms with Crippen LogP contribution in [0.4, 0.5) is 5.00 Å². The van der Waals surface area contributed by atoms with Crippen molar-refractivity contribution in [2.24, 2.45) is 4.99 Å². The van der Waals surface area contributed by atoms with E-state index in [0.29, 0.717) is 21.0 Å². The molecule has 1 heterocycles. The summed E-state index contributed by atoms with van der Waals surface area (Å²) in [5.41, 5.74) is 1.66. The fourth-order valence-corrected chi connectivity index (χ4v) is 3.40. The molecular formula is C20H18N4O2S. The first-order valence-corrected chi connectivity index (χ1v) is 8.95. The Hall–Kier alpha value is -3.42. The molecule has 0 aliphatic heterocycles. The van der Waals surface area contributed by atoms with Gasteiger partial charge in [0.1, 0.15) is 28.3 Å². The van der Waals surface area contributed by atoms with Crippen LogP contribution in [0.1, 0.15) is 22.2 Å². The quantitative estimate of drug-likeness (QED) is 0.324. The van der Waals surface area contributed by atoms with Crippen LogP contribution in [0.3, 0.4) is 0 Å². The number of allylic oxidation sites excluding steroid dienone is 1. The van der Waals surface area contributed by atoms with Gasteiger partial charge in [0, 0.05) is 24.5 Å². The van der Waals surface area contributed by atoms with Crippen molar-refractivity contribution in [1.29, 1.82) is 10.5 Å². The fourth-order valence-electron chi connectivity index (χ4n) is 2.30. The Labute approximate surface area is 162 Å². The molecule has 0 atom stereocenters. The second-order valence-corrected chi connectivity index (χ2v) is 6.63. The molecule has 0 spiro atoms. The Bertz CT molecular complexity index is 944. The highest BCUT2D eigenvalue weighted by molar-refractivity contribution is 7.17. The average molecular weight is 378 g/mol. The molecule has 136 valence electrons. The largest absolute Gasteiger partial charge is 0.462 e. The molecule has 6 nitrogen and oxygen atoms in total. The number of carbonyl (C=O) groups is 1. The number of esters is 1. The molecule has 0 radical (unpaired) electrons. The number of ether oxygens (including phenoxy) is 1. The van der Waals surface area contributed by atoms with E-state index >= 15 is 0 Å². The van der Waals surface area contributed by atoms with Crippen LogP contribution in [-0.2, 0) is 4.74 Å². The van der Waals surface area contributed by atoms with Crippen molar-refractivity contribution < 1.29 is 9.53 Å². The highest BCUT2D eigenvalue weighted by Gasteiger charge is 2.25. The van der Waals surface area contributed by atoms with Crippen molar-refractivity contribution in [2.75, 3.05) is 20.7 Å². The Balaban J connectivity index is 2.82. The van der Waals surface area contributed by atoms with Crippen molar-refractivity contribution in [3.05, 3.63) is 46.3 Å². The number of hydrogen-bond acceptors (Lipinski definition) is 6. The summed E-state index contributed by atoms with van der Waals surface area (Å²) in [7, 11) is 3.65. The van der Waals surface area contributed by atoms with E-state index in [4.69, 9.17) is 15.3 Å². The van der Waals surface area contributed by atoms with Gasteiger partial charge >= 0.3 is 5.97 Å². The van der Waals surface area contributed by atoms with Crippen LogP contribution in [0.5, 0.6) is 0 Å². The molecule has 0 amide bonds. The molecule has 0 saturated heterocycles. The van der Waals surface area contributed by atoms with Gasteiger partial charge in [0.2, 0.25) is 0 Å². The zero-order valence-corrected chi connectivity index (χ0v) is 16.1. The van der Waals surface area contributed by atoms with Gasteiger partial charge in [-0.2, -0.15) is 10.5 Å². The maximum Gasteiger partial charge on any atom is 0.341 e. The van der Waals surface area contributed by atoms with Crippen molar-refractivity contribution in [1.82, 2.24) is 4.90 Å². The van der Waals surface area contributed by atoms with Crippen molar-refractivity contribution in [3.8, 4) is 23.3 Å². The number of carbonyl (C=O) groups excluding carboxylic acids is 1. The van der Waals surface area contributed by atoms with Gasteiger partial charge in [0.15, 0.2) is 0 Å². The zero-order valence-electron chi connectivity index (χ0n) is 15.3. The number of thiophene rings is 1. The van der Waals surface area contributed by atoms with E-state index < -0.39 is 5.97 Å². The number of hydrogen-bond donors (Lipinski definition) is 0. The zero-order chi connectivity index (χ0) is 19.8. The highest BCUT2D eigenvalue weighted by atomic mass is 32.1. The lowest BCUT2D eigenvalue weighted by Gasteiger charge is -2.07. The van der Waals surface area contributed by atoms with Crippen molar-refractivity contribution in [2.45, 2.75) is 6.92 Å². The maximum absolute atomic E-state index is 12.7. The summed E-state index contributed by atoms with van der Waals surface area (Å²) in [5, 5.41) is 18.7. The second-order valence-electron chi connectivity index (χ2n) is 5.60. The normalized spacial score (nSPS) is 10.1. The molecule has 1 aromatic heterocycles. The Morgan fingerprint density at radius 1 is 1.26 bits per heavy atom. The summed E-state index contributed by atoms with van der Waals surface area (Å²) in [4.78, 5) is 19.4. The Kier molecular flexibility index (Phi) is 6.87. The van der Waals surface area contributed by atoms with E-state index in [-0.39, 0.29) is 12.2 Å². The summed E-state index contributed by atoms with van der Waals surface area (Å²) in [6, 6.07) is 13.0. The third-order valence-electron chi connectivity index (χ3n) is 3.38. The van der Waals surface area contributed by atoms with E-state index in [0.717, 1.165) is 5.56 Å². The molecule has 0 unspecified atom stereocenters. The molecule has 0 fully saturated rings. The lowest BCUT2D eigenvalue weighted by atomic mass is 10.0. The van der Waals surface area contributed by atoms with Gasteiger partial charge in [-0.25, -0.2) is 9.79 Å². The summed E-state index contributed by atoms with van der Waals surface area (Å²) in [6.45, 7) is 1.96. The summed E-state index contributed by atoms with van der Waals surface area (Å²) in [6.07, 6.45) is 3.07. The monoisotopic (exact) mass is 378 g/mol.